The fourth-order valence-corrected chi connectivity index (χ4v) is 3.39. The molecule has 1 amide bonds. The van der Waals surface area contributed by atoms with E-state index in [0.717, 1.165) is 29.9 Å². The highest BCUT2D eigenvalue weighted by atomic mass is 35.5. The quantitative estimate of drug-likeness (QED) is 0.194. The van der Waals surface area contributed by atoms with Crippen LogP contribution < -0.4 is 10.2 Å². The van der Waals surface area contributed by atoms with Gasteiger partial charge in [0, 0.05) is 10.6 Å². The summed E-state index contributed by atoms with van der Waals surface area (Å²) in [5.74, 6) is 0.465. The van der Waals surface area contributed by atoms with Crippen molar-refractivity contribution in [2.75, 3.05) is 6.61 Å². The summed E-state index contributed by atoms with van der Waals surface area (Å²) >= 11 is 5.94. The Labute approximate surface area is 194 Å². The Morgan fingerprint density at radius 1 is 1.09 bits per heavy atom. The molecule has 7 heteroatoms. The third kappa shape index (κ3) is 7.54. The van der Waals surface area contributed by atoms with Crippen LogP contribution >= 0.6 is 11.6 Å². The molecule has 0 bridgehead atoms. The molecule has 2 N–H and O–H groups in total. The summed E-state index contributed by atoms with van der Waals surface area (Å²) in [7, 11) is 0. The number of nitrogens with one attached hydrogen (secondary N) is 2. The van der Waals surface area contributed by atoms with Crippen molar-refractivity contribution in [3.05, 3.63) is 70.9 Å². The average Bonchev–Trinajstić information content (AvgIpc) is 3.29. The molecule has 1 heterocycles. The largest absolute Gasteiger partial charge is 0.494 e. The lowest BCUT2D eigenvalue weighted by atomic mass is 10.1. The highest BCUT2D eigenvalue weighted by molar-refractivity contribution is 6.30. The van der Waals surface area contributed by atoms with Crippen molar-refractivity contribution in [2.24, 2.45) is 5.10 Å². The predicted molar refractivity (Wildman–Crippen MR) is 129 cm³/mol. The summed E-state index contributed by atoms with van der Waals surface area (Å²) in [5, 5.41) is 11.6. The second kappa shape index (κ2) is 12.7. The lowest BCUT2D eigenvalue weighted by Gasteiger charge is -2.06. The molecule has 3 rings (SSSR count). The molecule has 0 unspecified atom stereocenters. The van der Waals surface area contributed by atoms with Crippen molar-refractivity contribution < 1.29 is 9.53 Å². The van der Waals surface area contributed by atoms with Crippen LogP contribution in [0.5, 0.6) is 5.75 Å². The van der Waals surface area contributed by atoms with E-state index < -0.39 is 0 Å². The van der Waals surface area contributed by atoms with Gasteiger partial charge in [-0.05, 0) is 54.4 Å². The fourth-order valence-electron chi connectivity index (χ4n) is 3.19. The first kappa shape index (κ1) is 23.5. The third-order valence-corrected chi connectivity index (χ3v) is 5.20. The second-order valence-electron chi connectivity index (χ2n) is 7.56. The minimum atomic E-state index is -0.374. The van der Waals surface area contributed by atoms with Crippen molar-refractivity contribution in [2.45, 2.75) is 45.4 Å². The second-order valence-corrected chi connectivity index (χ2v) is 8.00. The number of benzene rings is 2. The van der Waals surface area contributed by atoms with Gasteiger partial charge in [0.15, 0.2) is 0 Å². The molecule has 0 saturated carbocycles. The van der Waals surface area contributed by atoms with Gasteiger partial charge in [-0.1, -0.05) is 62.8 Å². The number of rotatable bonds is 12. The number of carbonyl (C=O) groups excluding carboxylic acids is 1. The van der Waals surface area contributed by atoms with Gasteiger partial charge in [0.05, 0.1) is 18.5 Å². The number of hydrogen-bond acceptors (Lipinski definition) is 4. The van der Waals surface area contributed by atoms with Gasteiger partial charge in [-0.2, -0.15) is 10.2 Å². The monoisotopic (exact) mass is 452 g/mol. The van der Waals surface area contributed by atoms with Gasteiger partial charge < -0.3 is 4.74 Å². The molecule has 0 aliphatic rings. The SMILES string of the molecule is CCCCCCCCOc1ccc(-c2cc(C(=O)N/N=C/c3cccc(Cl)c3)[nH]n2)cc1. The molecule has 0 aliphatic heterocycles. The minimum Gasteiger partial charge on any atom is -0.494 e. The van der Waals surface area contributed by atoms with Gasteiger partial charge in [-0.3, -0.25) is 9.89 Å². The van der Waals surface area contributed by atoms with Crippen molar-refractivity contribution in [3.8, 4) is 17.0 Å². The molecule has 0 aliphatic carbocycles. The Morgan fingerprint density at radius 2 is 1.88 bits per heavy atom. The number of amides is 1. The van der Waals surface area contributed by atoms with Crippen LogP contribution in [0.3, 0.4) is 0 Å². The van der Waals surface area contributed by atoms with Gasteiger partial charge >= 0.3 is 0 Å². The lowest BCUT2D eigenvalue weighted by molar-refractivity contribution is 0.0950. The van der Waals surface area contributed by atoms with Crippen LogP contribution in [0.4, 0.5) is 0 Å². The zero-order valence-electron chi connectivity index (χ0n) is 18.3. The summed E-state index contributed by atoms with van der Waals surface area (Å²) in [6.07, 6.45) is 8.98. The Balaban J connectivity index is 1.46. The number of hydrazone groups is 1. The standard InChI is InChI=1S/C25H29ClN4O2/c1-2-3-4-5-6-7-15-32-22-13-11-20(12-14-22)23-17-24(29-28-23)25(31)30-27-18-19-9-8-10-21(26)16-19/h8-14,16-18H,2-7,15H2,1H3,(H,28,29)(H,30,31)/b27-18+. The lowest BCUT2D eigenvalue weighted by Crippen LogP contribution is -2.17. The maximum Gasteiger partial charge on any atom is 0.289 e. The average molecular weight is 453 g/mol. The first-order chi connectivity index (χ1) is 15.7. The normalized spacial score (nSPS) is 11.1. The van der Waals surface area contributed by atoms with Crippen LogP contribution in [0.25, 0.3) is 11.3 Å². The first-order valence-corrected chi connectivity index (χ1v) is 11.4. The summed E-state index contributed by atoms with van der Waals surface area (Å²) in [5.41, 5.74) is 5.18. The molecule has 0 fully saturated rings. The van der Waals surface area contributed by atoms with Crippen LogP contribution in [0.15, 0.2) is 59.7 Å². The Hall–Kier alpha value is -3.12. The first-order valence-electron chi connectivity index (χ1n) is 11.0. The van der Waals surface area contributed by atoms with Gasteiger partial charge in [0.1, 0.15) is 11.4 Å². The number of carbonyl (C=O) groups is 1. The summed E-state index contributed by atoms with van der Waals surface area (Å²) in [6, 6.07) is 16.6. The van der Waals surface area contributed by atoms with Crippen molar-refractivity contribution in [1.82, 2.24) is 15.6 Å². The molecule has 6 nitrogen and oxygen atoms in total. The third-order valence-electron chi connectivity index (χ3n) is 4.97. The number of H-pyrrole nitrogens is 1. The van der Waals surface area contributed by atoms with Crippen LogP contribution in [0, 0.1) is 0 Å². The molecule has 168 valence electrons. The highest BCUT2D eigenvalue weighted by Crippen LogP contribution is 2.21. The van der Waals surface area contributed by atoms with Gasteiger partial charge in [-0.25, -0.2) is 5.43 Å². The maximum absolute atomic E-state index is 12.3. The van der Waals surface area contributed by atoms with Crippen molar-refractivity contribution in [3.63, 3.8) is 0 Å². The zero-order chi connectivity index (χ0) is 22.6. The van der Waals surface area contributed by atoms with Crippen LogP contribution in [0.1, 0.15) is 61.5 Å². The number of aromatic amines is 1. The molecule has 32 heavy (non-hydrogen) atoms. The maximum atomic E-state index is 12.3. The van der Waals surface area contributed by atoms with E-state index in [2.05, 4.69) is 27.6 Å². The highest BCUT2D eigenvalue weighted by Gasteiger charge is 2.10. The van der Waals surface area contributed by atoms with E-state index in [1.165, 1.54) is 38.3 Å². The fraction of sp³-hybridized carbons (Fsp3) is 0.320. The zero-order valence-corrected chi connectivity index (χ0v) is 19.1. The molecule has 0 saturated heterocycles. The van der Waals surface area contributed by atoms with E-state index in [9.17, 15) is 4.79 Å². The molecular weight excluding hydrogens is 424 g/mol. The van der Waals surface area contributed by atoms with Gasteiger partial charge in [0.25, 0.3) is 5.91 Å². The number of aromatic nitrogens is 2. The summed E-state index contributed by atoms with van der Waals surface area (Å²) < 4.78 is 5.82. The van der Waals surface area contributed by atoms with E-state index in [1.54, 1.807) is 18.2 Å². The smallest absolute Gasteiger partial charge is 0.289 e. The van der Waals surface area contributed by atoms with Gasteiger partial charge in [0.2, 0.25) is 0 Å². The minimum absolute atomic E-state index is 0.326. The molecule has 3 aromatic rings. The summed E-state index contributed by atoms with van der Waals surface area (Å²) in [6.45, 7) is 2.96. The Kier molecular flexibility index (Phi) is 9.32. The number of hydrogen-bond donors (Lipinski definition) is 2. The van der Waals surface area contributed by atoms with E-state index in [-0.39, 0.29) is 5.91 Å². The Bertz CT molecular complexity index is 1010. The predicted octanol–water partition coefficient (Wildman–Crippen LogP) is 6.23. The number of nitrogens with zero attached hydrogens (tertiary/aromatic N) is 2. The van der Waals surface area contributed by atoms with Crippen molar-refractivity contribution >= 4 is 23.7 Å². The van der Waals surface area contributed by atoms with Crippen LogP contribution in [0.2, 0.25) is 5.02 Å². The topological polar surface area (TPSA) is 79.4 Å². The van der Waals surface area contributed by atoms with Crippen LogP contribution in [-0.2, 0) is 0 Å². The van der Waals surface area contributed by atoms with E-state index >= 15 is 0 Å². The molecule has 1 aromatic heterocycles. The Morgan fingerprint density at radius 3 is 2.66 bits per heavy atom. The van der Waals surface area contributed by atoms with E-state index in [4.69, 9.17) is 16.3 Å². The molecular formula is C25H29ClN4O2. The summed E-state index contributed by atoms with van der Waals surface area (Å²) in [4.78, 5) is 12.3. The molecule has 0 atom stereocenters. The van der Waals surface area contributed by atoms with Crippen molar-refractivity contribution in [1.29, 1.82) is 0 Å². The van der Waals surface area contributed by atoms with E-state index in [0.29, 0.717) is 16.4 Å². The number of halogens is 1. The molecule has 0 spiro atoms. The van der Waals surface area contributed by atoms with Gasteiger partial charge in [-0.15, -0.1) is 0 Å². The van der Waals surface area contributed by atoms with E-state index in [1.807, 2.05) is 36.4 Å². The van der Waals surface area contributed by atoms with Crippen LogP contribution in [-0.4, -0.2) is 28.9 Å². The molecule has 2 aromatic carbocycles. The number of ether oxygens (including phenoxy) is 1. The number of unbranched alkanes of at least 4 members (excludes halogenated alkanes) is 5. The molecule has 0 radical (unpaired) electrons.